The van der Waals surface area contributed by atoms with Crippen molar-refractivity contribution >= 4 is 17.7 Å². The van der Waals surface area contributed by atoms with Crippen LogP contribution in [-0.2, 0) is 16.1 Å². The molecule has 26 heavy (non-hydrogen) atoms. The van der Waals surface area contributed by atoms with Gasteiger partial charge in [0.25, 0.3) is 0 Å². The Morgan fingerprint density at radius 2 is 1.81 bits per heavy atom. The number of methoxy groups -OCH3 is 1. The monoisotopic (exact) mass is 368 g/mol. The molecule has 0 radical (unpaired) electrons. The summed E-state index contributed by atoms with van der Waals surface area (Å²) >= 11 is 0. The molecule has 1 aliphatic heterocycles. The van der Waals surface area contributed by atoms with Crippen molar-refractivity contribution in [2.45, 2.75) is 33.0 Å². The maximum atomic E-state index is 14.5. The van der Waals surface area contributed by atoms with E-state index in [0.29, 0.717) is 31.7 Å². The van der Waals surface area contributed by atoms with Crippen molar-refractivity contribution in [1.82, 2.24) is 4.90 Å². The highest BCUT2D eigenvalue weighted by Crippen LogP contribution is 2.26. The lowest BCUT2D eigenvalue weighted by atomic mass is 10.1. The van der Waals surface area contributed by atoms with Gasteiger partial charge in [-0.15, -0.1) is 0 Å². The molecule has 0 spiro atoms. The molecule has 1 N–H and O–H groups in total. The fourth-order valence-electron chi connectivity index (χ4n) is 2.73. The molecule has 7 nitrogen and oxygen atoms in total. The molecular formula is C18H25FN2O5. The van der Waals surface area contributed by atoms with Crippen molar-refractivity contribution in [1.29, 1.82) is 0 Å². The van der Waals surface area contributed by atoms with Crippen molar-refractivity contribution in [2.24, 2.45) is 0 Å². The molecule has 0 atom stereocenters. The summed E-state index contributed by atoms with van der Waals surface area (Å²) in [4.78, 5) is 27.1. The molecule has 8 heteroatoms. The SMILES string of the molecule is COC(=O)c1cc(F)c(N2CCN(C(=O)OC(C)(C)C)CC2)cc1CO. The van der Waals surface area contributed by atoms with Crippen LogP contribution in [0.5, 0.6) is 0 Å². The Morgan fingerprint density at radius 3 is 2.31 bits per heavy atom. The van der Waals surface area contributed by atoms with E-state index in [0.717, 1.165) is 6.07 Å². The van der Waals surface area contributed by atoms with E-state index in [1.807, 2.05) is 0 Å². The zero-order valence-electron chi connectivity index (χ0n) is 15.5. The molecule has 1 heterocycles. The first kappa shape index (κ1) is 20.0. The minimum absolute atomic E-state index is 0.00337. The van der Waals surface area contributed by atoms with Gasteiger partial charge in [0, 0.05) is 26.2 Å². The molecule has 2 rings (SSSR count). The first-order valence-electron chi connectivity index (χ1n) is 8.40. The smallest absolute Gasteiger partial charge is 0.410 e. The zero-order chi connectivity index (χ0) is 19.5. The Balaban J connectivity index is 2.12. The Labute approximate surface area is 152 Å². The Morgan fingerprint density at radius 1 is 1.19 bits per heavy atom. The summed E-state index contributed by atoms with van der Waals surface area (Å²) in [7, 11) is 1.20. The molecule has 1 aromatic rings. The molecular weight excluding hydrogens is 343 g/mol. The number of aliphatic hydroxyl groups is 1. The molecule has 1 aromatic carbocycles. The van der Waals surface area contributed by atoms with Crippen LogP contribution in [0.1, 0.15) is 36.7 Å². The molecule has 144 valence electrons. The van der Waals surface area contributed by atoms with Crippen LogP contribution in [0.4, 0.5) is 14.9 Å². The lowest BCUT2D eigenvalue weighted by Gasteiger charge is -2.37. The summed E-state index contributed by atoms with van der Waals surface area (Å²) in [6, 6.07) is 2.53. The normalized spacial score (nSPS) is 15.0. The van der Waals surface area contributed by atoms with E-state index in [9.17, 15) is 19.1 Å². The fraction of sp³-hybridized carbons (Fsp3) is 0.556. The average molecular weight is 368 g/mol. The summed E-state index contributed by atoms with van der Waals surface area (Å²) in [6.45, 7) is 6.61. The predicted octanol–water partition coefficient (Wildman–Crippen LogP) is 2.16. The number of nitrogens with zero attached hydrogens (tertiary/aromatic N) is 2. The van der Waals surface area contributed by atoms with E-state index >= 15 is 0 Å². The fourth-order valence-corrected chi connectivity index (χ4v) is 2.73. The number of hydrogen-bond acceptors (Lipinski definition) is 6. The van der Waals surface area contributed by atoms with Gasteiger partial charge in [0.05, 0.1) is 25.0 Å². The standard InChI is InChI=1S/C18H25FN2O5/c1-18(2,3)26-17(24)21-7-5-20(6-8-21)15-9-12(11-22)13(10-14(15)19)16(23)25-4/h9-10,22H,5-8,11H2,1-4H3. The number of carbonyl (C=O) groups is 2. The van der Waals surface area contributed by atoms with Gasteiger partial charge in [-0.2, -0.15) is 0 Å². The number of ether oxygens (including phenoxy) is 2. The van der Waals surface area contributed by atoms with Gasteiger partial charge in [0.1, 0.15) is 11.4 Å². The molecule has 0 aliphatic carbocycles. The topological polar surface area (TPSA) is 79.3 Å². The van der Waals surface area contributed by atoms with E-state index in [2.05, 4.69) is 4.74 Å². The van der Waals surface area contributed by atoms with Crippen LogP contribution < -0.4 is 4.90 Å². The minimum Gasteiger partial charge on any atom is -0.465 e. The third-order valence-corrected chi connectivity index (χ3v) is 4.02. The maximum Gasteiger partial charge on any atom is 0.410 e. The number of halogens is 1. The summed E-state index contributed by atoms with van der Waals surface area (Å²) < 4.78 is 24.4. The highest BCUT2D eigenvalue weighted by molar-refractivity contribution is 5.91. The van der Waals surface area contributed by atoms with Crippen LogP contribution in [0.2, 0.25) is 0 Å². The van der Waals surface area contributed by atoms with Crippen molar-refractivity contribution < 1.29 is 28.6 Å². The second-order valence-electron chi connectivity index (χ2n) is 7.06. The quantitative estimate of drug-likeness (QED) is 0.824. The van der Waals surface area contributed by atoms with E-state index in [4.69, 9.17) is 4.74 Å². The van der Waals surface area contributed by atoms with E-state index in [-0.39, 0.29) is 11.3 Å². The Bertz CT molecular complexity index is 679. The maximum absolute atomic E-state index is 14.5. The van der Waals surface area contributed by atoms with Gasteiger partial charge in [0.2, 0.25) is 0 Å². The number of esters is 1. The number of anilines is 1. The van der Waals surface area contributed by atoms with Crippen LogP contribution in [-0.4, -0.2) is 61.0 Å². The molecule has 0 unspecified atom stereocenters. The van der Waals surface area contributed by atoms with Gasteiger partial charge in [-0.1, -0.05) is 0 Å². The largest absolute Gasteiger partial charge is 0.465 e. The zero-order valence-corrected chi connectivity index (χ0v) is 15.5. The van der Waals surface area contributed by atoms with Gasteiger partial charge in [-0.3, -0.25) is 0 Å². The molecule has 1 fully saturated rings. The second kappa shape index (κ2) is 7.90. The molecule has 1 aliphatic rings. The van der Waals surface area contributed by atoms with Gasteiger partial charge in [0.15, 0.2) is 0 Å². The molecule has 0 saturated carbocycles. The highest BCUT2D eigenvalue weighted by atomic mass is 19.1. The second-order valence-corrected chi connectivity index (χ2v) is 7.06. The van der Waals surface area contributed by atoms with Crippen LogP contribution >= 0.6 is 0 Å². The number of rotatable bonds is 3. The van der Waals surface area contributed by atoms with Crippen molar-refractivity contribution in [2.75, 3.05) is 38.2 Å². The average Bonchev–Trinajstić information content (AvgIpc) is 2.59. The molecule has 0 bridgehead atoms. The highest BCUT2D eigenvalue weighted by Gasteiger charge is 2.27. The summed E-state index contributed by atoms with van der Waals surface area (Å²) in [5.74, 6) is -1.28. The molecule has 1 saturated heterocycles. The minimum atomic E-state index is -0.700. The number of hydrogen-bond donors (Lipinski definition) is 1. The molecule has 1 amide bonds. The van der Waals surface area contributed by atoms with E-state index < -0.39 is 30.1 Å². The number of carbonyl (C=O) groups excluding carboxylic acids is 2. The number of piperazine rings is 1. The molecule has 0 aromatic heterocycles. The lowest BCUT2D eigenvalue weighted by Crippen LogP contribution is -2.50. The third-order valence-electron chi connectivity index (χ3n) is 4.02. The van der Waals surface area contributed by atoms with Crippen molar-refractivity contribution in [3.8, 4) is 0 Å². The summed E-state index contributed by atoms with van der Waals surface area (Å²) in [5.41, 5.74) is 0.0112. The van der Waals surface area contributed by atoms with Crippen LogP contribution in [0, 0.1) is 5.82 Å². The number of benzene rings is 1. The van der Waals surface area contributed by atoms with E-state index in [1.165, 1.54) is 13.2 Å². The number of amides is 1. The first-order chi connectivity index (χ1) is 12.2. The van der Waals surface area contributed by atoms with Crippen molar-refractivity contribution in [3.05, 3.63) is 29.1 Å². The summed E-state index contributed by atoms with van der Waals surface area (Å²) in [5, 5.41) is 9.48. The van der Waals surface area contributed by atoms with E-state index in [1.54, 1.807) is 30.6 Å². The van der Waals surface area contributed by atoms with Gasteiger partial charge in [-0.25, -0.2) is 14.0 Å². The number of aliphatic hydroxyl groups excluding tert-OH is 1. The van der Waals surface area contributed by atoms with Gasteiger partial charge < -0.3 is 24.4 Å². The van der Waals surface area contributed by atoms with Crippen LogP contribution in [0.15, 0.2) is 12.1 Å². The predicted molar refractivity (Wildman–Crippen MR) is 93.7 cm³/mol. The third kappa shape index (κ3) is 4.63. The van der Waals surface area contributed by atoms with Crippen molar-refractivity contribution in [3.63, 3.8) is 0 Å². The van der Waals surface area contributed by atoms with Crippen LogP contribution in [0.3, 0.4) is 0 Å². The first-order valence-corrected chi connectivity index (χ1v) is 8.40. The van der Waals surface area contributed by atoms with Gasteiger partial charge >= 0.3 is 12.1 Å². The lowest BCUT2D eigenvalue weighted by molar-refractivity contribution is 0.0240. The Kier molecular flexibility index (Phi) is 6.07. The van der Waals surface area contributed by atoms with Crippen LogP contribution in [0.25, 0.3) is 0 Å². The summed E-state index contributed by atoms with van der Waals surface area (Å²) in [6.07, 6.45) is -0.394. The Hall–Kier alpha value is -2.35. The van der Waals surface area contributed by atoms with Gasteiger partial charge in [-0.05, 0) is 38.5 Å².